The van der Waals surface area contributed by atoms with Crippen LogP contribution in [0.1, 0.15) is 17.1 Å². The van der Waals surface area contributed by atoms with Gasteiger partial charge in [0, 0.05) is 5.56 Å². The highest BCUT2D eigenvalue weighted by atomic mass is 16.4. The summed E-state index contributed by atoms with van der Waals surface area (Å²) in [6.45, 7) is 5.83. The van der Waals surface area contributed by atoms with Crippen LogP contribution in [0.15, 0.2) is 39.2 Å². The summed E-state index contributed by atoms with van der Waals surface area (Å²) in [5.74, 6) is 2.64. The van der Waals surface area contributed by atoms with Gasteiger partial charge in [-0.25, -0.2) is 0 Å². The molecule has 0 aliphatic rings. The maximum atomic E-state index is 5.71. The second-order valence-electron chi connectivity index (χ2n) is 4.61. The van der Waals surface area contributed by atoms with Crippen LogP contribution in [-0.2, 0) is 0 Å². The van der Waals surface area contributed by atoms with Crippen molar-refractivity contribution in [3.05, 3.63) is 47.4 Å². The SMILES string of the molecule is Cc1ccc(-c2nnc(-c3cc(C)oc3C)o2)cc1. The van der Waals surface area contributed by atoms with Gasteiger partial charge in [0.15, 0.2) is 0 Å². The van der Waals surface area contributed by atoms with E-state index >= 15 is 0 Å². The van der Waals surface area contributed by atoms with Crippen LogP contribution >= 0.6 is 0 Å². The topological polar surface area (TPSA) is 52.1 Å². The monoisotopic (exact) mass is 254 g/mol. The number of aromatic nitrogens is 2. The van der Waals surface area contributed by atoms with Crippen LogP contribution in [0, 0.1) is 20.8 Å². The zero-order valence-electron chi connectivity index (χ0n) is 11.1. The Labute approximate surface area is 111 Å². The van der Waals surface area contributed by atoms with E-state index in [0.29, 0.717) is 11.8 Å². The van der Waals surface area contributed by atoms with E-state index in [1.165, 1.54) is 5.56 Å². The van der Waals surface area contributed by atoms with Gasteiger partial charge in [0.25, 0.3) is 5.89 Å². The van der Waals surface area contributed by atoms with Crippen molar-refractivity contribution in [2.75, 3.05) is 0 Å². The Morgan fingerprint density at radius 1 is 0.842 bits per heavy atom. The second-order valence-corrected chi connectivity index (χ2v) is 4.61. The maximum absolute atomic E-state index is 5.71. The van der Waals surface area contributed by atoms with Crippen LogP contribution in [0.4, 0.5) is 0 Å². The Hall–Kier alpha value is -2.36. The number of aryl methyl sites for hydroxylation is 3. The minimum absolute atomic E-state index is 0.491. The van der Waals surface area contributed by atoms with Gasteiger partial charge in [-0.1, -0.05) is 17.7 Å². The minimum atomic E-state index is 0.491. The zero-order valence-corrected chi connectivity index (χ0v) is 11.1. The van der Waals surface area contributed by atoms with E-state index in [1.54, 1.807) is 0 Å². The van der Waals surface area contributed by atoms with E-state index in [1.807, 2.05) is 51.1 Å². The molecule has 3 rings (SSSR count). The quantitative estimate of drug-likeness (QED) is 0.695. The molecule has 1 aromatic carbocycles. The molecule has 0 fully saturated rings. The molecule has 0 saturated heterocycles. The summed E-state index contributed by atoms with van der Waals surface area (Å²) in [5.41, 5.74) is 2.97. The number of benzene rings is 1. The molecule has 2 heterocycles. The van der Waals surface area contributed by atoms with Crippen molar-refractivity contribution in [1.29, 1.82) is 0 Å². The van der Waals surface area contributed by atoms with E-state index < -0.39 is 0 Å². The fourth-order valence-corrected chi connectivity index (χ4v) is 1.99. The lowest BCUT2D eigenvalue weighted by molar-refractivity contribution is 0.503. The van der Waals surface area contributed by atoms with Gasteiger partial charge in [0.05, 0.1) is 5.56 Å². The summed E-state index contributed by atoms with van der Waals surface area (Å²) in [4.78, 5) is 0. The molecule has 0 N–H and O–H groups in total. The summed E-state index contributed by atoms with van der Waals surface area (Å²) >= 11 is 0. The average Bonchev–Trinajstić information content (AvgIpc) is 2.97. The van der Waals surface area contributed by atoms with Gasteiger partial charge in [-0.05, 0) is 39.0 Å². The van der Waals surface area contributed by atoms with Gasteiger partial charge in [0.1, 0.15) is 11.5 Å². The van der Waals surface area contributed by atoms with Crippen molar-refractivity contribution in [3.8, 4) is 22.9 Å². The van der Waals surface area contributed by atoms with Crippen molar-refractivity contribution in [3.63, 3.8) is 0 Å². The van der Waals surface area contributed by atoms with Crippen LogP contribution in [0.5, 0.6) is 0 Å². The van der Waals surface area contributed by atoms with Gasteiger partial charge in [0.2, 0.25) is 5.89 Å². The molecular formula is C15H14N2O2. The molecule has 0 radical (unpaired) electrons. The van der Waals surface area contributed by atoms with Crippen LogP contribution in [-0.4, -0.2) is 10.2 Å². The highest BCUT2D eigenvalue weighted by Crippen LogP contribution is 2.28. The maximum Gasteiger partial charge on any atom is 0.251 e. The average molecular weight is 254 g/mol. The second kappa shape index (κ2) is 4.39. The highest BCUT2D eigenvalue weighted by Gasteiger charge is 2.15. The Morgan fingerprint density at radius 2 is 1.53 bits per heavy atom. The number of hydrogen-bond acceptors (Lipinski definition) is 4. The Bertz CT molecular complexity index is 708. The molecule has 2 aromatic heterocycles. The van der Waals surface area contributed by atoms with Crippen molar-refractivity contribution < 1.29 is 8.83 Å². The Morgan fingerprint density at radius 3 is 2.16 bits per heavy atom. The molecular weight excluding hydrogens is 240 g/mol. The molecule has 0 atom stereocenters. The first-order valence-electron chi connectivity index (χ1n) is 6.11. The molecule has 4 nitrogen and oxygen atoms in total. The molecule has 0 aliphatic heterocycles. The summed E-state index contributed by atoms with van der Waals surface area (Å²) in [6.07, 6.45) is 0. The lowest BCUT2D eigenvalue weighted by Gasteiger charge is -1.95. The minimum Gasteiger partial charge on any atom is -0.466 e. The van der Waals surface area contributed by atoms with Crippen molar-refractivity contribution >= 4 is 0 Å². The van der Waals surface area contributed by atoms with E-state index in [-0.39, 0.29) is 0 Å². The van der Waals surface area contributed by atoms with Crippen molar-refractivity contribution in [2.45, 2.75) is 20.8 Å². The number of furan rings is 1. The third-order valence-electron chi connectivity index (χ3n) is 2.99. The molecule has 0 amide bonds. The van der Waals surface area contributed by atoms with Crippen molar-refractivity contribution in [1.82, 2.24) is 10.2 Å². The predicted octanol–water partition coefficient (Wildman–Crippen LogP) is 3.92. The smallest absolute Gasteiger partial charge is 0.251 e. The summed E-state index contributed by atoms with van der Waals surface area (Å²) in [6, 6.07) is 9.89. The van der Waals surface area contributed by atoms with Gasteiger partial charge < -0.3 is 8.83 Å². The first kappa shape index (κ1) is 11.7. The van der Waals surface area contributed by atoms with Gasteiger partial charge >= 0.3 is 0 Å². The number of hydrogen-bond donors (Lipinski definition) is 0. The van der Waals surface area contributed by atoms with Crippen LogP contribution < -0.4 is 0 Å². The van der Waals surface area contributed by atoms with Gasteiger partial charge in [-0.2, -0.15) is 0 Å². The van der Waals surface area contributed by atoms with Gasteiger partial charge in [-0.15, -0.1) is 10.2 Å². The zero-order chi connectivity index (χ0) is 13.4. The van der Waals surface area contributed by atoms with Crippen molar-refractivity contribution in [2.24, 2.45) is 0 Å². The molecule has 0 unspecified atom stereocenters. The fourth-order valence-electron chi connectivity index (χ4n) is 1.99. The van der Waals surface area contributed by atoms with E-state index in [0.717, 1.165) is 22.6 Å². The predicted molar refractivity (Wildman–Crippen MR) is 71.6 cm³/mol. The lowest BCUT2D eigenvalue weighted by Crippen LogP contribution is -1.78. The van der Waals surface area contributed by atoms with Gasteiger partial charge in [-0.3, -0.25) is 0 Å². The van der Waals surface area contributed by atoms with E-state index in [2.05, 4.69) is 10.2 Å². The normalized spacial score (nSPS) is 10.9. The molecule has 0 spiro atoms. The lowest BCUT2D eigenvalue weighted by atomic mass is 10.1. The third kappa shape index (κ3) is 2.17. The first-order chi connectivity index (χ1) is 9.13. The van der Waals surface area contributed by atoms with Crippen LogP contribution in [0.3, 0.4) is 0 Å². The Kier molecular flexibility index (Phi) is 2.71. The molecule has 0 saturated carbocycles. The highest BCUT2D eigenvalue weighted by molar-refractivity contribution is 5.59. The standard InChI is InChI=1S/C15H14N2O2/c1-9-4-6-12(7-5-9)14-16-17-15(19-14)13-8-10(2)18-11(13)3/h4-8H,1-3H3. The fraction of sp³-hybridized carbons (Fsp3) is 0.200. The summed E-state index contributed by atoms with van der Waals surface area (Å²) in [5, 5.41) is 8.17. The van der Waals surface area contributed by atoms with E-state index in [4.69, 9.17) is 8.83 Å². The van der Waals surface area contributed by atoms with Crippen LogP contribution in [0.25, 0.3) is 22.9 Å². The molecule has 3 aromatic rings. The summed E-state index contributed by atoms with van der Waals surface area (Å²) < 4.78 is 11.2. The number of nitrogens with zero attached hydrogens (tertiary/aromatic N) is 2. The van der Waals surface area contributed by atoms with Crippen LogP contribution in [0.2, 0.25) is 0 Å². The third-order valence-corrected chi connectivity index (χ3v) is 2.99. The van der Waals surface area contributed by atoms with E-state index in [9.17, 15) is 0 Å². The molecule has 4 heteroatoms. The first-order valence-corrected chi connectivity index (χ1v) is 6.11. The Balaban J connectivity index is 1.99. The summed E-state index contributed by atoms with van der Waals surface area (Å²) in [7, 11) is 0. The molecule has 19 heavy (non-hydrogen) atoms. The molecule has 0 bridgehead atoms. The largest absolute Gasteiger partial charge is 0.466 e. The molecule has 96 valence electrons. The number of rotatable bonds is 2. The molecule has 0 aliphatic carbocycles.